The lowest BCUT2D eigenvalue weighted by Crippen LogP contribution is -2.19. The number of hydrogen-bond donors (Lipinski definition) is 1. The smallest absolute Gasteiger partial charge is 0.404 e. The fraction of sp³-hybridized carbons (Fsp3) is 0.800. The van der Waals surface area contributed by atoms with Crippen LogP contribution in [0.1, 0.15) is 20.3 Å². The molecule has 0 saturated heterocycles. The predicted molar refractivity (Wildman–Crippen MR) is 37.7 cm³/mol. The first-order valence-electron chi connectivity index (χ1n) is 2.63. The standard InChI is InChI=1S/C5H11NO2.ClH/c1-3-4(2)8-5(6)7;/h4H,3H2,1-2H3,(H2,6,7);1H. The quantitative estimate of drug-likeness (QED) is 0.650. The Morgan fingerprint density at radius 3 is 2.33 bits per heavy atom. The highest BCUT2D eigenvalue weighted by atomic mass is 35.5. The Labute approximate surface area is 61.0 Å². The number of carbonyl (C=O) groups is 1. The summed E-state index contributed by atoms with van der Waals surface area (Å²) in [6.07, 6.45) is 0.0648. The summed E-state index contributed by atoms with van der Waals surface area (Å²) < 4.78 is 4.54. The molecule has 0 bridgehead atoms. The normalized spacial score (nSPS) is 11.3. The second-order valence-corrected chi connectivity index (χ2v) is 1.66. The van der Waals surface area contributed by atoms with E-state index in [0.717, 1.165) is 6.42 Å². The van der Waals surface area contributed by atoms with Crippen molar-refractivity contribution >= 4 is 18.5 Å². The Kier molecular flexibility index (Phi) is 7.19. The molecule has 9 heavy (non-hydrogen) atoms. The van der Waals surface area contributed by atoms with Crippen molar-refractivity contribution in [1.82, 2.24) is 0 Å². The number of primary amides is 1. The average molecular weight is 154 g/mol. The summed E-state index contributed by atoms with van der Waals surface area (Å²) >= 11 is 0. The molecule has 1 amide bonds. The molecule has 0 rings (SSSR count). The maximum absolute atomic E-state index is 9.97. The maximum atomic E-state index is 9.97. The maximum Gasteiger partial charge on any atom is 0.404 e. The molecule has 1 atom stereocenters. The summed E-state index contributed by atoms with van der Waals surface area (Å²) in [6, 6.07) is 0. The van der Waals surface area contributed by atoms with Crippen LogP contribution in [-0.4, -0.2) is 12.2 Å². The molecule has 0 aliphatic carbocycles. The zero-order chi connectivity index (χ0) is 6.57. The molecule has 0 saturated carbocycles. The van der Waals surface area contributed by atoms with E-state index in [2.05, 4.69) is 4.74 Å². The van der Waals surface area contributed by atoms with Crippen molar-refractivity contribution in [3.8, 4) is 0 Å². The summed E-state index contributed by atoms with van der Waals surface area (Å²) in [6.45, 7) is 3.72. The van der Waals surface area contributed by atoms with Gasteiger partial charge in [0.15, 0.2) is 0 Å². The van der Waals surface area contributed by atoms with Crippen LogP contribution in [0.5, 0.6) is 0 Å². The van der Waals surface area contributed by atoms with E-state index in [0.29, 0.717) is 0 Å². The van der Waals surface area contributed by atoms with Crippen LogP contribution >= 0.6 is 12.4 Å². The summed E-state index contributed by atoms with van der Waals surface area (Å²) in [7, 11) is 0. The highest BCUT2D eigenvalue weighted by molar-refractivity contribution is 5.85. The minimum Gasteiger partial charge on any atom is -0.447 e. The van der Waals surface area contributed by atoms with Crippen molar-refractivity contribution in [2.45, 2.75) is 26.4 Å². The van der Waals surface area contributed by atoms with Gasteiger partial charge in [-0.25, -0.2) is 4.79 Å². The van der Waals surface area contributed by atoms with Crippen molar-refractivity contribution in [2.75, 3.05) is 0 Å². The highest BCUT2D eigenvalue weighted by Gasteiger charge is 1.99. The average Bonchev–Trinajstić information content (AvgIpc) is 1.65. The van der Waals surface area contributed by atoms with Crippen molar-refractivity contribution in [1.29, 1.82) is 0 Å². The SMILES string of the molecule is CCC(C)OC(N)=O.Cl. The van der Waals surface area contributed by atoms with E-state index in [-0.39, 0.29) is 18.5 Å². The van der Waals surface area contributed by atoms with Gasteiger partial charge >= 0.3 is 6.09 Å². The minimum absolute atomic E-state index is 0. The van der Waals surface area contributed by atoms with Gasteiger partial charge in [-0.3, -0.25) is 0 Å². The van der Waals surface area contributed by atoms with Crippen molar-refractivity contribution in [3.63, 3.8) is 0 Å². The largest absolute Gasteiger partial charge is 0.447 e. The van der Waals surface area contributed by atoms with Gasteiger partial charge in [-0.15, -0.1) is 12.4 Å². The van der Waals surface area contributed by atoms with Gasteiger partial charge in [-0.05, 0) is 13.3 Å². The van der Waals surface area contributed by atoms with E-state index in [1.807, 2.05) is 6.92 Å². The van der Waals surface area contributed by atoms with Gasteiger partial charge in [0.05, 0.1) is 0 Å². The molecule has 4 heteroatoms. The molecular formula is C5H12ClNO2. The molecule has 3 nitrogen and oxygen atoms in total. The third-order valence-electron chi connectivity index (χ3n) is 0.892. The van der Waals surface area contributed by atoms with E-state index in [1.165, 1.54) is 0 Å². The van der Waals surface area contributed by atoms with Gasteiger partial charge in [0, 0.05) is 0 Å². The van der Waals surface area contributed by atoms with Gasteiger partial charge in [-0.1, -0.05) is 6.92 Å². The lowest BCUT2D eigenvalue weighted by Gasteiger charge is -2.06. The van der Waals surface area contributed by atoms with Gasteiger partial charge in [0.25, 0.3) is 0 Å². The molecule has 0 aliphatic rings. The highest BCUT2D eigenvalue weighted by Crippen LogP contribution is 1.93. The first-order valence-corrected chi connectivity index (χ1v) is 2.63. The van der Waals surface area contributed by atoms with Crippen molar-refractivity contribution in [2.24, 2.45) is 5.73 Å². The third-order valence-corrected chi connectivity index (χ3v) is 0.892. The van der Waals surface area contributed by atoms with Crippen LogP contribution in [0.15, 0.2) is 0 Å². The monoisotopic (exact) mass is 153 g/mol. The predicted octanol–water partition coefficient (Wildman–Crippen LogP) is 1.30. The third kappa shape index (κ3) is 7.56. The molecule has 0 radical (unpaired) electrons. The van der Waals surface area contributed by atoms with Gasteiger partial charge in [-0.2, -0.15) is 0 Å². The lowest BCUT2D eigenvalue weighted by atomic mass is 10.3. The van der Waals surface area contributed by atoms with Crippen LogP contribution in [0, 0.1) is 0 Å². The summed E-state index contributed by atoms with van der Waals surface area (Å²) in [5.41, 5.74) is 4.71. The molecule has 56 valence electrons. The fourth-order valence-electron chi connectivity index (χ4n) is 0.282. The summed E-state index contributed by atoms with van der Waals surface area (Å²) in [4.78, 5) is 9.97. The summed E-state index contributed by atoms with van der Waals surface area (Å²) in [5.74, 6) is 0. The number of ether oxygens (including phenoxy) is 1. The van der Waals surface area contributed by atoms with Crippen LogP contribution < -0.4 is 5.73 Å². The fourth-order valence-corrected chi connectivity index (χ4v) is 0.282. The topological polar surface area (TPSA) is 52.3 Å². The van der Waals surface area contributed by atoms with E-state index in [9.17, 15) is 4.79 Å². The zero-order valence-electron chi connectivity index (χ0n) is 5.59. The van der Waals surface area contributed by atoms with Crippen LogP contribution in [0.3, 0.4) is 0 Å². The van der Waals surface area contributed by atoms with Crippen LogP contribution in [0.4, 0.5) is 4.79 Å². The van der Waals surface area contributed by atoms with Crippen LogP contribution in [-0.2, 0) is 4.74 Å². The number of carbonyl (C=O) groups excluding carboxylic acids is 1. The van der Waals surface area contributed by atoms with E-state index in [4.69, 9.17) is 5.73 Å². The Hall–Kier alpha value is -0.440. The van der Waals surface area contributed by atoms with Gasteiger partial charge < -0.3 is 10.5 Å². The number of hydrogen-bond acceptors (Lipinski definition) is 2. The molecule has 0 aromatic rings. The lowest BCUT2D eigenvalue weighted by molar-refractivity contribution is 0.114. The van der Waals surface area contributed by atoms with Gasteiger partial charge in [0.1, 0.15) is 6.10 Å². The van der Waals surface area contributed by atoms with Crippen LogP contribution in [0.25, 0.3) is 0 Å². The second kappa shape index (κ2) is 5.69. The van der Waals surface area contributed by atoms with E-state index in [1.54, 1.807) is 6.92 Å². The Morgan fingerprint density at radius 1 is 1.78 bits per heavy atom. The van der Waals surface area contributed by atoms with E-state index >= 15 is 0 Å². The molecule has 0 spiro atoms. The molecular weight excluding hydrogens is 142 g/mol. The van der Waals surface area contributed by atoms with Crippen molar-refractivity contribution in [3.05, 3.63) is 0 Å². The summed E-state index contributed by atoms with van der Waals surface area (Å²) in [5, 5.41) is 0. The van der Waals surface area contributed by atoms with Crippen molar-refractivity contribution < 1.29 is 9.53 Å². The number of amides is 1. The minimum atomic E-state index is -0.695. The molecule has 0 aliphatic heterocycles. The Balaban J connectivity index is 0. The van der Waals surface area contributed by atoms with Crippen LogP contribution in [0.2, 0.25) is 0 Å². The number of rotatable bonds is 2. The zero-order valence-corrected chi connectivity index (χ0v) is 6.40. The molecule has 2 N–H and O–H groups in total. The first-order chi connectivity index (χ1) is 3.66. The molecule has 0 aromatic heterocycles. The van der Waals surface area contributed by atoms with Gasteiger partial charge in [0.2, 0.25) is 0 Å². The molecule has 0 aromatic carbocycles. The molecule has 0 fully saturated rings. The Morgan fingerprint density at radius 2 is 2.22 bits per heavy atom. The number of halogens is 1. The molecule has 0 heterocycles. The first kappa shape index (κ1) is 11.4. The van der Waals surface area contributed by atoms with E-state index < -0.39 is 6.09 Å². The second-order valence-electron chi connectivity index (χ2n) is 1.66. The molecule has 1 unspecified atom stereocenters. The Bertz CT molecular complexity index is 87.0. The number of nitrogens with two attached hydrogens (primary N) is 1.